The molecule has 1 rings (SSSR count). The Labute approximate surface area is 75.9 Å². The van der Waals surface area contributed by atoms with Gasteiger partial charge >= 0.3 is 6.18 Å². The molecule has 78 valence electrons. The molecule has 0 radical (unpaired) electrons. The monoisotopic (exact) mass is 196 g/mol. The molecule has 0 saturated heterocycles. The normalized spacial score (nSPS) is 36.2. The summed E-state index contributed by atoms with van der Waals surface area (Å²) in [5, 5.41) is 9.38. The van der Waals surface area contributed by atoms with Crippen LogP contribution in [0.15, 0.2) is 0 Å². The molecule has 0 aromatic carbocycles. The second-order valence-corrected chi connectivity index (χ2v) is 3.90. The van der Waals surface area contributed by atoms with Crippen LogP contribution in [-0.2, 0) is 0 Å². The number of rotatable bonds is 1. The van der Waals surface area contributed by atoms with Gasteiger partial charge in [0.05, 0.1) is 0 Å². The van der Waals surface area contributed by atoms with Gasteiger partial charge in [-0.15, -0.1) is 0 Å². The van der Waals surface area contributed by atoms with E-state index >= 15 is 0 Å². The Balaban J connectivity index is 2.68. The average Bonchev–Trinajstić information content (AvgIpc) is 2.02. The lowest BCUT2D eigenvalue weighted by Crippen LogP contribution is -2.48. The number of alkyl halides is 3. The van der Waals surface area contributed by atoms with E-state index in [9.17, 15) is 18.3 Å². The first kappa shape index (κ1) is 10.8. The highest BCUT2D eigenvalue weighted by Gasteiger charge is 2.54. The molecule has 0 aromatic heterocycles. The molecule has 1 N–H and O–H groups in total. The second-order valence-electron chi connectivity index (χ2n) is 3.90. The van der Waals surface area contributed by atoms with Gasteiger partial charge in [0.15, 0.2) is 5.60 Å². The molecule has 4 heteroatoms. The highest BCUT2D eigenvalue weighted by atomic mass is 19.4. The largest absolute Gasteiger partial charge is 0.417 e. The third kappa shape index (κ3) is 2.16. The van der Waals surface area contributed by atoms with Gasteiger partial charge in [-0.25, -0.2) is 0 Å². The Kier molecular flexibility index (Phi) is 2.90. The molecule has 0 heterocycles. The Hall–Kier alpha value is -0.250. The SMILES string of the molecule is CCC1CCCC(O)(C(F)(F)F)C1. The molecule has 0 bridgehead atoms. The van der Waals surface area contributed by atoms with E-state index < -0.39 is 11.8 Å². The molecule has 0 amide bonds. The van der Waals surface area contributed by atoms with Crippen LogP contribution in [0.5, 0.6) is 0 Å². The van der Waals surface area contributed by atoms with E-state index in [-0.39, 0.29) is 18.8 Å². The minimum atomic E-state index is -4.46. The summed E-state index contributed by atoms with van der Waals surface area (Å²) in [7, 11) is 0. The molecule has 1 aliphatic rings. The molecule has 1 fully saturated rings. The lowest BCUT2D eigenvalue weighted by molar-refractivity contribution is -0.274. The van der Waals surface area contributed by atoms with Gasteiger partial charge in [0, 0.05) is 0 Å². The summed E-state index contributed by atoms with van der Waals surface area (Å²) < 4.78 is 37.2. The first-order valence-electron chi connectivity index (χ1n) is 4.68. The molecule has 1 nitrogen and oxygen atoms in total. The first-order valence-corrected chi connectivity index (χ1v) is 4.68. The van der Waals surface area contributed by atoms with Crippen molar-refractivity contribution in [2.24, 2.45) is 5.92 Å². The van der Waals surface area contributed by atoms with E-state index in [0.717, 1.165) is 12.8 Å². The third-order valence-electron chi connectivity index (χ3n) is 2.93. The van der Waals surface area contributed by atoms with Crippen molar-refractivity contribution in [3.63, 3.8) is 0 Å². The van der Waals surface area contributed by atoms with Crippen molar-refractivity contribution in [1.82, 2.24) is 0 Å². The van der Waals surface area contributed by atoms with Crippen molar-refractivity contribution in [2.45, 2.75) is 50.8 Å². The van der Waals surface area contributed by atoms with Gasteiger partial charge < -0.3 is 5.11 Å². The average molecular weight is 196 g/mol. The Morgan fingerprint density at radius 2 is 2.08 bits per heavy atom. The number of hydrogen-bond donors (Lipinski definition) is 1. The molecule has 2 unspecified atom stereocenters. The number of aliphatic hydroxyl groups is 1. The van der Waals surface area contributed by atoms with Crippen molar-refractivity contribution in [3.8, 4) is 0 Å². The van der Waals surface area contributed by atoms with Crippen molar-refractivity contribution in [3.05, 3.63) is 0 Å². The maximum Gasteiger partial charge on any atom is 0.417 e. The molecular weight excluding hydrogens is 181 g/mol. The number of halogens is 3. The van der Waals surface area contributed by atoms with Gasteiger partial charge in [0.1, 0.15) is 0 Å². The summed E-state index contributed by atoms with van der Waals surface area (Å²) in [6.45, 7) is 1.87. The highest BCUT2D eigenvalue weighted by Crippen LogP contribution is 2.44. The van der Waals surface area contributed by atoms with Crippen LogP contribution in [0.3, 0.4) is 0 Å². The summed E-state index contributed by atoms with van der Waals surface area (Å²) in [5.41, 5.74) is -2.41. The fraction of sp³-hybridized carbons (Fsp3) is 1.00. The predicted octanol–water partition coefficient (Wildman–Crippen LogP) is 2.88. The van der Waals surface area contributed by atoms with Crippen LogP contribution in [0.1, 0.15) is 39.0 Å². The lowest BCUT2D eigenvalue weighted by Gasteiger charge is -2.37. The van der Waals surface area contributed by atoms with Crippen molar-refractivity contribution < 1.29 is 18.3 Å². The van der Waals surface area contributed by atoms with Crippen molar-refractivity contribution in [1.29, 1.82) is 0 Å². The smallest absolute Gasteiger partial charge is 0.380 e. The van der Waals surface area contributed by atoms with Crippen LogP contribution in [-0.4, -0.2) is 16.9 Å². The van der Waals surface area contributed by atoms with Gasteiger partial charge in [-0.3, -0.25) is 0 Å². The summed E-state index contributed by atoms with van der Waals surface area (Å²) in [4.78, 5) is 0. The summed E-state index contributed by atoms with van der Waals surface area (Å²) >= 11 is 0. The van der Waals surface area contributed by atoms with E-state index in [4.69, 9.17) is 0 Å². The second kappa shape index (κ2) is 3.48. The van der Waals surface area contributed by atoms with Crippen LogP contribution < -0.4 is 0 Å². The molecular formula is C9H15F3O. The quantitative estimate of drug-likeness (QED) is 0.683. The molecule has 0 aromatic rings. The first-order chi connectivity index (χ1) is 5.89. The molecule has 0 aliphatic heterocycles. The topological polar surface area (TPSA) is 20.2 Å². The van der Waals surface area contributed by atoms with Gasteiger partial charge in [0.2, 0.25) is 0 Å². The van der Waals surface area contributed by atoms with Crippen LogP contribution in [0.4, 0.5) is 13.2 Å². The standard InChI is InChI=1S/C9H15F3O/c1-2-7-4-3-5-8(13,6-7)9(10,11)12/h7,13H,2-6H2,1H3. The van der Waals surface area contributed by atoms with Gasteiger partial charge in [-0.1, -0.05) is 19.8 Å². The van der Waals surface area contributed by atoms with Crippen molar-refractivity contribution in [2.75, 3.05) is 0 Å². The third-order valence-corrected chi connectivity index (χ3v) is 2.93. The van der Waals surface area contributed by atoms with E-state index in [1.807, 2.05) is 6.92 Å². The van der Waals surface area contributed by atoms with Crippen LogP contribution in [0, 0.1) is 5.92 Å². The van der Waals surface area contributed by atoms with E-state index in [1.54, 1.807) is 0 Å². The predicted molar refractivity (Wildman–Crippen MR) is 43.3 cm³/mol. The Bertz CT molecular complexity index is 178. The summed E-state index contributed by atoms with van der Waals surface area (Å²) in [5.74, 6) is 0.0281. The van der Waals surface area contributed by atoms with Gasteiger partial charge in [-0.2, -0.15) is 13.2 Å². The molecule has 13 heavy (non-hydrogen) atoms. The Morgan fingerprint density at radius 1 is 1.46 bits per heavy atom. The van der Waals surface area contributed by atoms with Crippen LogP contribution >= 0.6 is 0 Å². The van der Waals surface area contributed by atoms with Crippen LogP contribution in [0.2, 0.25) is 0 Å². The fourth-order valence-electron chi connectivity index (χ4n) is 1.97. The van der Waals surface area contributed by atoms with Gasteiger partial charge in [-0.05, 0) is 25.2 Å². The van der Waals surface area contributed by atoms with Gasteiger partial charge in [0.25, 0.3) is 0 Å². The fourth-order valence-corrected chi connectivity index (χ4v) is 1.97. The molecule has 2 atom stereocenters. The Morgan fingerprint density at radius 3 is 2.54 bits per heavy atom. The van der Waals surface area contributed by atoms with E-state index in [2.05, 4.69) is 0 Å². The molecule has 1 saturated carbocycles. The minimum Gasteiger partial charge on any atom is -0.380 e. The molecule has 1 aliphatic carbocycles. The summed E-state index contributed by atoms with van der Waals surface area (Å²) in [6, 6.07) is 0. The highest BCUT2D eigenvalue weighted by molar-refractivity contribution is 4.91. The van der Waals surface area contributed by atoms with Crippen LogP contribution in [0.25, 0.3) is 0 Å². The molecule has 0 spiro atoms. The van der Waals surface area contributed by atoms with E-state index in [1.165, 1.54) is 0 Å². The zero-order valence-electron chi connectivity index (χ0n) is 7.69. The zero-order chi connectivity index (χ0) is 10.1. The zero-order valence-corrected chi connectivity index (χ0v) is 7.69. The lowest BCUT2D eigenvalue weighted by atomic mass is 9.76. The minimum absolute atomic E-state index is 0.0281. The van der Waals surface area contributed by atoms with E-state index in [0.29, 0.717) is 6.42 Å². The maximum absolute atomic E-state index is 12.4. The number of hydrogen-bond acceptors (Lipinski definition) is 1. The van der Waals surface area contributed by atoms with Crippen molar-refractivity contribution >= 4 is 0 Å². The maximum atomic E-state index is 12.4. The summed E-state index contributed by atoms with van der Waals surface area (Å²) in [6.07, 6.45) is -2.69.